The van der Waals surface area contributed by atoms with Crippen molar-refractivity contribution in [2.45, 2.75) is 32.9 Å². The second-order valence-electron chi connectivity index (χ2n) is 6.71. The largest absolute Gasteiger partial charge is 0.497 e. The van der Waals surface area contributed by atoms with Crippen LogP contribution in [0, 0.1) is 11.3 Å². The third-order valence-corrected chi connectivity index (χ3v) is 3.47. The van der Waals surface area contributed by atoms with Crippen LogP contribution in [-0.4, -0.2) is 42.2 Å². The predicted octanol–water partition coefficient (Wildman–Crippen LogP) is 3.63. The summed E-state index contributed by atoms with van der Waals surface area (Å²) < 4.78 is 10.8. The Morgan fingerprint density at radius 1 is 1.40 bits per heavy atom. The number of nitrogens with zero attached hydrogens (tertiary/aromatic N) is 2. The zero-order valence-corrected chi connectivity index (χ0v) is 14.9. The number of hydrogen-bond acceptors (Lipinski definition) is 5. The first-order chi connectivity index (χ1) is 11.9. The molecule has 1 aliphatic heterocycles. The third kappa shape index (κ3) is 5.74. The van der Waals surface area contributed by atoms with Gasteiger partial charge in [-0.3, -0.25) is 9.89 Å². The number of rotatable bonds is 5. The van der Waals surface area contributed by atoms with Crippen molar-refractivity contribution in [3.63, 3.8) is 0 Å². The minimum atomic E-state index is -0.581. The summed E-state index contributed by atoms with van der Waals surface area (Å²) in [7, 11) is 0. The van der Waals surface area contributed by atoms with Gasteiger partial charge in [0.15, 0.2) is 0 Å². The summed E-state index contributed by atoms with van der Waals surface area (Å²) >= 11 is 0. The summed E-state index contributed by atoms with van der Waals surface area (Å²) in [6.07, 6.45) is 3.98. The van der Waals surface area contributed by atoms with E-state index in [0.29, 0.717) is 25.4 Å². The standard InChI is InChI=1S/C19H25N3O3/c1-19(2,3)25-18(23)22-9-10-24-14-17(22)16(11-20)13-21-12-15-7-5-4-6-8-15/h4-8,11,13-14,16,20H,9-10,12H2,1-3H3. The van der Waals surface area contributed by atoms with Crippen molar-refractivity contribution in [3.05, 3.63) is 47.9 Å². The van der Waals surface area contributed by atoms with E-state index in [1.54, 1.807) is 6.21 Å². The molecule has 1 unspecified atom stereocenters. The average molecular weight is 343 g/mol. The van der Waals surface area contributed by atoms with Crippen molar-refractivity contribution >= 4 is 18.5 Å². The van der Waals surface area contributed by atoms with Gasteiger partial charge in [0, 0.05) is 12.4 Å². The van der Waals surface area contributed by atoms with Crippen molar-refractivity contribution in [1.82, 2.24) is 4.90 Å². The van der Waals surface area contributed by atoms with Gasteiger partial charge < -0.3 is 14.9 Å². The predicted molar refractivity (Wildman–Crippen MR) is 97.9 cm³/mol. The Morgan fingerprint density at radius 3 is 2.76 bits per heavy atom. The number of aliphatic imine (C=N–C) groups is 1. The molecule has 0 saturated carbocycles. The van der Waals surface area contributed by atoms with E-state index in [1.165, 1.54) is 17.4 Å². The summed E-state index contributed by atoms with van der Waals surface area (Å²) in [5, 5.41) is 7.70. The van der Waals surface area contributed by atoms with Gasteiger partial charge in [-0.25, -0.2) is 4.79 Å². The SMILES string of the molecule is CC(C)(C)OC(=O)N1CCOC=C1C(C=N)C=NCc1ccccc1. The molecule has 2 rings (SSSR count). The molecule has 0 spiro atoms. The van der Waals surface area contributed by atoms with Crippen molar-refractivity contribution in [3.8, 4) is 0 Å². The highest BCUT2D eigenvalue weighted by molar-refractivity contribution is 5.87. The molecule has 6 heteroatoms. The van der Waals surface area contributed by atoms with Crippen LogP contribution in [0.1, 0.15) is 26.3 Å². The maximum absolute atomic E-state index is 12.4. The molecule has 1 atom stereocenters. The molecule has 1 aliphatic rings. The Labute approximate surface area is 148 Å². The van der Waals surface area contributed by atoms with Crippen molar-refractivity contribution in [1.29, 1.82) is 5.41 Å². The lowest BCUT2D eigenvalue weighted by Gasteiger charge is -2.32. The van der Waals surface area contributed by atoms with Crippen molar-refractivity contribution < 1.29 is 14.3 Å². The minimum absolute atomic E-state index is 0.387. The summed E-state index contributed by atoms with van der Waals surface area (Å²) in [4.78, 5) is 18.3. The molecule has 1 aromatic rings. The Balaban J connectivity index is 2.09. The smallest absolute Gasteiger partial charge is 0.414 e. The van der Waals surface area contributed by atoms with E-state index in [2.05, 4.69) is 4.99 Å². The van der Waals surface area contributed by atoms with E-state index in [0.717, 1.165) is 5.56 Å². The molecule has 0 aliphatic carbocycles. The van der Waals surface area contributed by atoms with Crippen LogP contribution in [0.3, 0.4) is 0 Å². The number of carbonyl (C=O) groups excluding carboxylic acids is 1. The van der Waals surface area contributed by atoms with Crippen LogP contribution in [0.2, 0.25) is 0 Å². The molecule has 134 valence electrons. The highest BCUT2D eigenvalue weighted by Crippen LogP contribution is 2.21. The Morgan fingerprint density at radius 2 is 2.12 bits per heavy atom. The third-order valence-electron chi connectivity index (χ3n) is 3.47. The molecule has 0 bridgehead atoms. The number of benzene rings is 1. The van der Waals surface area contributed by atoms with Crippen LogP contribution in [0.15, 0.2) is 47.3 Å². The first-order valence-corrected chi connectivity index (χ1v) is 8.27. The first kappa shape index (κ1) is 18.7. The fraction of sp³-hybridized carbons (Fsp3) is 0.421. The topological polar surface area (TPSA) is 75.0 Å². The molecule has 6 nitrogen and oxygen atoms in total. The number of ether oxygens (including phenoxy) is 2. The van der Waals surface area contributed by atoms with Crippen LogP contribution < -0.4 is 0 Å². The molecular formula is C19H25N3O3. The van der Waals surface area contributed by atoms with Crippen molar-refractivity contribution in [2.75, 3.05) is 13.2 Å². The van der Waals surface area contributed by atoms with Gasteiger partial charge in [-0.1, -0.05) is 30.3 Å². The van der Waals surface area contributed by atoms with E-state index in [1.807, 2.05) is 51.1 Å². The number of nitrogens with one attached hydrogen (secondary N) is 1. The van der Waals surface area contributed by atoms with Gasteiger partial charge in [-0.2, -0.15) is 0 Å². The maximum atomic E-state index is 12.4. The quantitative estimate of drug-likeness (QED) is 0.830. The summed E-state index contributed by atoms with van der Waals surface area (Å²) in [6.45, 7) is 6.77. The Hall–Kier alpha value is -2.63. The molecule has 1 aromatic carbocycles. The molecule has 1 amide bonds. The van der Waals surface area contributed by atoms with E-state index in [4.69, 9.17) is 14.9 Å². The van der Waals surface area contributed by atoms with E-state index in [9.17, 15) is 4.79 Å². The monoisotopic (exact) mass is 343 g/mol. The van der Waals surface area contributed by atoms with E-state index >= 15 is 0 Å². The molecule has 0 radical (unpaired) electrons. The van der Waals surface area contributed by atoms with Crippen LogP contribution in [0.5, 0.6) is 0 Å². The number of hydrogen-bond donors (Lipinski definition) is 1. The highest BCUT2D eigenvalue weighted by Gasteiger charge is 2.29. The van der Waals surface area contributed by atoms with Gasteiger partial charge in [0.05, 0.1) is 24.7 Å². The lowest BCUT2D eigenvalue weighted by atomic mass is 10.1. The molecule has 1 heterocycles. The first-order valence-electron chi connectivity index (χ1n) is 8.27. The molecule has 1 N–H and O–H groups in total. The second-order valence-corrected chi connectivity index (χ2v) is 6.71. The number of carbonyl (C=O) groups is 1. The lowest BCUT2D eigenvalue weighted by molar-refractivity contribution is 0.0224. The van der Waals surface area contributed by atoms with Gasteiger partial charge in [-0.05, 0) is 26.3 Å². The molecule has 0 aromatic heterocycles. The minimum Gasteiger partial charge on any atom is -0.497 e. The van der Waals surface area contributed by atoms with Crippen LogP contribution >= 0.6 is 0 Å². The van der Waals surface area contributed by atoms with E-state index < -0.39 is 17.6 Å². The van der Waals surface area contributed by atoms with E-state index in [-0.39, 0.29) is 0 Å². The lowest BCUT2D eigenvalue weighted by Crippen LogP contribution is -2.42. The van der Waals surface area contributed by atoms with Crippen LogP contribution in [0.25, 0.3) is 0 Å². The fourth-order valence-corrected chi connectivity index (χ4v) is 2.31. The molecular weight excluding hydrogens is 318 g/mol. The highest BCUT2D eigenvalue weighted by atomic mass is 16.6. The number of allylic oxidation sites excluding steroid dienone is 1. The molecule has 0 fully saturated rings. The maximum Gasteiger partial charge on any atom is 0.414 e. The number of amides is 1. The Bertz CT molecular complexity index is 648. The van der Waals surface area contributed by atoms with Gasteiger partial charge >= 0.3 is 6.09 Å². The normalized spacial score (nSPS) is 16.1. The zero-order valence-electron chi connectivity index (χ0n) is 14.9. The molecule has 0 saturated heterocycles. The Kier molecular flexibility index (Phi) is 6.33. The average Bonchev–Trinajstić information content (AvgIpc) is 2.58. The zero-order chi connectivity index (χ0) is 18.3. The van der Waals surface area contributed by atoms with Crippen molar-refractivity contribution in [2.24, 2.45) is 10.9 Å². The summed E-state index contributed by atoms with van der Waals surface area (Å²) in [5.74, 6) is -0.448. The van der Waals surface area contributed by atoms with Gasteiger partial charge in [-0.15, -0.1) is 0 Å². The van der Waals surface area contributed by atoms with Gasteiger partial charge in [0.25, 0.3) is 0 Å². The van der Waals surface area contributed by atoms with Crippen LogP contribution in [0.4, 0.5) is 4.79 Å². The second kappa shape index (κ2) is 8.46. The fourth-order valence-electron chi connectivity index (χ4n) is 2.31. The summed E-state index contributed by atoms with van der Waals surface area (Å²) in [6, 6.07) is 9.86. The van der Waals surface area contributed by atoms with Gasteiger partial charge in [0.1, 0.15) is 18.5 Å². The van der Waals surface area contributed by atoms with Gasteiger partial charge in [0.2, 0.25) is 0 Å². The summed E-state index contributed by atoms with van der Waals surface area (Å²) in [5.41, 5.74) is 1.06. The molecule has 25 heavy (non-hydrogen) atoms. The van der Waals surface area contributed by atoms with Crippen LogP contribution in [-0.2, 0) is 16.0 Å².